The van der Waals surface area contributed by atoms with Crippen LogP contribution in [-0.2, 0) is 6.54 Å². The van der Waals surface area contributed by atoms with Crippen LogP contribution in [0.1, 0.15) is 40.3 Å². The molecule has 0 aliphatic heterocycles. The van der Waals surface area contributed by atoms with E-state index in [4.69, 9.17) is 4.42 Å². The van der Waals surface area contributed by atoms with Gasteiger partial charge < -0.3 is 9.32 Å². The molecular weight excluding hydrogens is 252 g/mol. The molecule has 1 aliphatic rings. The molecule has 0 bridgehead atoms. The van der Waals surface area contributed by atoms with Gasteiger partial charge in [-0.15, -0.1) is 0 Å². The van der Waals surface area contributed by atoms with Gasteiger partial charge in [-0.25, -0.2) is 0 Å². The molecule has 2 aromatic rings. The second-order valence-corrected chi connectivity index (χ2v) is 5.35. The number of aryl methyl sites for hydroxylation is 2. The van der Waals surface area contributed by atoms with E-state index in [1.807, 2.05) is 43.1 Å². The van der Waals surface area contributed by atoms with Gasteiger partial charge in [-0.05, 0) is 44.4 Å². The third kappa shape index (κ3) is 2.59. The molecular formula is C16H18N2O2. The summed E-state index contributed by atoms with van der Waals surface area (Å²) in [6, 6.07) is 6.09. The first-order chi connectivity index (χ1) is 9.65. The Hall–Kier alpha value is -2.10. The topological polar surface area (TPSA) is 46.3 Å². The van der Waals surface area contributed by atoms with Gasteiger partial charge in [0.05, 0.1) is 5.56 Å². The van der Waals surface area contributed by atoms with Crippen molar-refractivity contribution in [3.8, 4) is 0 Å². The lowest BCUT2D eigenvalue weighted by atomic mass is 10.2. The molecule has 0 spiro atoms. The summed E-state index contributed by atoms with van der Waals surface area (Å²) in [6.07, 6.45) is 5.73. The first-order valence-electron chi connectivity index (χ1n) is 6.92. The minimum Gasteiger partial charge on any atom is -0.466 e. The second-order valence-electron chi connectivity index (χ2n) is 5.35. The lowest BCUT2D eigenvalue weighted by molar-refractivity contribution is 0.0728. The van der Waals surface area contributed by atoms with E-state index in [9.17, 15) is 4.79 Å². The fraction of sp³-hybridized carbons (Fsp3) is 0.375. The third-order valence-corrected chi connectivity index (χ3v) is 3.60. The van der Waals surface area contributed by atoms with Crippen LogP contribution in [0.4, 0.5) is 0 Å². The zero-order chi connectivity index (χ0) is 14.1. The van der Waals surface area contributed by atoms with Crippen molar-refractivity contribution in [3.05, 3.63) is 53.2 Å². The van der Waals surface area contributed by atoms with E-state index in [1.165, 1.54) is 0 Å². The summed E-state index contributed by atoms with van der Waals surface area (Å²) in [7, 11) is 0. The normalized spacial score (nSPS) is 14.3. The van der Waals surface area contributed by atoms with Crippen molar-refractivity contribution in [2.45, 2.75) is 39.3 Å². The smallest absolute Gasteiger partial charge is 0.257 e. The van der Waals surface area contributed by atoms with Gasteiger partial charge in [-0.3, -0.25) is 9.78 Å². The molecule has 2 heterocycles. The minimum atomic E-state index is 0.0608. The number of hydrogen-bond donors (Lipinski definition) is 0. The van der Waals surface area contributed by atoms with E-state index in [0.717, 1.165) is 24.2 Å². The van der Waals surface area contributed by atoms with Crippen molar-refractivity contribution in [1.82, 2.24) is 9.88 Å². The molecule has 104 valence electrons. The number of hydrogen-bond acceptors (Lipinski definition) is 3. The number of nitrogens with zero attached hydrogens (tertiary/aromatic N) is 2. The Labute approximate surface area is 118 Å². The fourth-order valence-electron chi connectivity index (χ4n) is 2.44. The molecule has 0 aromatic carbocycles. The van der Waals surface area contributed by atoms with Crippen LogP contribution in [0.5, 0.6) is 0 Å². The number of amides is 1. The van der Waals surface area contributed by atoms with E-state index in [-0.39, 0.29) is 5.91 Å². The largest absolute Gasteiger partial charge is 0.466 e. The molecule has 1 amide bonds. The van der Waals surface area contributed by atoms with Crippen LogP contribution < -0.4 is 0 Å². The summed E-state index contributed by atoms with van der Waals surface area (Å²) in [6.45, 7) is 4.32. The fourth-order valence-corrected chi connectivity index (χ4v) is 2.44. The molecule has 3 rings (SSSR count). The van der Waals surface area contributed by atoms with Crippen molar-refractivity contribution < 1.29 is 9.21 Å². The molecule has 0 atom stereocenters. The number of carbonyl (C=O) groups excluding carboxylic acids is 1. The molecule has 4 heteroatoms. The van der Waals surface area contributed by atoms with E-state index >= 15 is 0 Å². The number of furan rings is 1. The lowest BCUT2D eigenvalue weighted by Crippen LogP contribution is -2.32. The van der Waals surface area contributed by atoms with Crippen molar-refractivity contribution in [1.29, 1.82) is 0 Å². The zero-order valence-electron chi connectivity index (χ0n) is 11.8. The number of pyridine rings is 1. The molecule has 1 aliphatic carbocycles. The Balaban J connectivity index is 1.84. The van der Waals surface area contributed by atoms with Crippen molar-refractivity contribution in [3.63, 3.8) is 0 Å². The molecule has 1 saturated carbocycles. The average Bonchev–Trinajstić information content (AvgIpc) is 3.22. The Morgan fingerprint density at radius 2 is 2.25 bits per heavy atom. The predicted octanol–water partition coefficient (Wildman–Crippen LogP) is 3.10. The Bertz CT molecular complexity index is 615. The maximum atomic E-state index is 12.7. The Kier molecular flexibility index (Phi) is 3.30. The van der Waals surface area contributed by atoms with Crippen LogP contribution in [-0.4, -0.2) is 21.8 Å². The third-order valence-electron chi connectivity index (χ3n) is 3.60. The molecule has 2 aromatic heterocycles. The van der Waals surface area contributed by atoms with Gasteiger partial charge in [-0.2, -0.15) is 0 Å². The van der Waals surface area contributed by atoms with Gasteiger partial charge in [0.25, 0.3) is 5.91 Å². The monoisotopic (exact) mass is 270 g/mol. The minimum absolute atomic E-state index is 0.0608. The van der Waals surface area contributed by atoms with Gasteiger partial charge in [0.2, 0.25) is 0 Å². The standard InChI is InChI=1S/C16H18N2O2/c1-11-8-15(12(2)20-11)16(19)18(14-5-6-14)10-13-4-3-7-17-9-13/h3-4,7-9,14H,5-6,10H2,1-2H3. The van der Waals surface area contributed by atoms with Crippen LogP contribution in [0.25, 0.3) is 0 Å². The SMILES string of the molecule is Cc1cc(C(=O)N(Cc2cccnc2)C2CC2)c(C)o1. The number of rotatable bonds is 4. The van der Waals surface area contributed by atoms with E-state index < -0.39 is 0 Å². The molecule has 0 saturated heterocycles. The van der Waals surface area contributed by atoms with Crippen LogP contribution in [0.15, 0.2) is 35.0 Å². The second kappa shape index (κ2) is 5.12. The maximum absolute atomic E-state index is 12.7. The molecule has 0 unspecified atom stereocenters. The first-order valence-corrected chi connectivity index (χ1v) is 6.92. The summed E-state index contributed by atoms with van der Waals surface area (Å²) < 4.78 is 5.48. The maximum Gasteiger partial charge on any atom is 0.257 e. The summed E-state index contributed by atoms with van der Waals surface area (Å²) in [5, 5.41) is 0. The van der Waals surface area contributed by atoms with Crippen molar-refractivity contribution in [2.75, 3.05) is 0 Å². The van der Waals surface area contributed by atoms with E-state index in [0.29, 0.717) is 23.9 Å². The molecule has 20 heavy (non-hydrogen) atoms. The Morgan fingerprint density at radius 1 is 1.45 bits per heavy atom. The lowest BCUT2D eigenvalue weighted by Gasteiger charge is -2.22. The summed E-state index contributed by atoms with van der Waals surface area (Å²) in [5.74, 6) is 1.54. The van der Waals surface area contributed by atoms with Crippen molar-refractivity contribution >= 4 is 5.91 Å². The van der Waals surface area contributed by atoms with Crippen LogP contribution >= 0.6 is 0 Å². The highest BCUT2D eigenvalue weighted by Gasteiger charge is 2.34. The van der Waals surface area contributed by atoms with Gasteiger partial charge in [0.15, 0.2) is 0 Å². The highest BCUT2D eigenvalue weighted by atomic mass is 16.3. The summed E-state index contributed by atoms with van der Waals surface area (Å²) >= 11 is 0. The number of carbonyl (C=O) groups is 1. The van der Waals surface area contributed by atoms with E-state index in [1.54, 1.807) is 6.20 Å². The van der Waals surface area contributed by atoms with Crippen LogP contribution in [0.2, 0.25) is 0 Å². The van der Waals surface area contributed by atoms with Gasteiger partial charge >= 0.3 is 0 Å². The van der Waals surface area contributed by atoms with Crippen molar-refractivity contribution in [2.24, 2.45) is 0 Å². The molecule has 0 radical (unpaired) electrons. The van der Waals surface area contributed by atoms with Gasteiger partial charge in [0.1, 0.15) is 11.5 Å². The van der Waals surface area contributed by atoms with Crippen LogP contribution in [0.3, 0.4) is 0 Å². The molecule has 4 nitrogen and oxygen atoms in total. The zero-order valence-corrected chi connectivity index (χ0v) is 11.8. The number of aromatic nitrogens is 1. The van der Waals surface area contributed by atoms with Gasteiger partial charge in [-0.1, -0.05) is 6.07 Å². The average molecular weight is 270 g/mol. The highest BCUT2D eigenvalue weighted by molar-refractivity contribution is 5.95. The molecule has 1 fully saturated rings. The quantitative estimate of drug-likeness (QED) is 0.857. The van der Waals surface area contributed by atoms with Gasteiger partial charge in [0, 0.05) is 25.0 Å². The Morgan fingerprint density at radius 3 is 2.80 bits per heavy atom. The van der Waals surface area contributed by atoms with E-state index in [2.05, 4.69) is 4.98 Å². The first kappa shape index (κ1) is 12.9. The van der Waals surface area contributed by atoms with Crippen LogP contribution in [0, 0.1) is 13.8 Å². The predicted molar refractivity (Wildman–Crippen MR) is 75.3 cm³/mol. The summed E-state index contributed by atoms with van der Waals surface area (Å²) in [4.78, 5) is 18.8. The molecule has 0 N–H and O–H groups in total. The highest BCUT2D eigenvalue weighted by Crippen LogP contribution is 2.30. The summed E-state index contributed by atoms with van der Waals surface area (Å²) in [5.41, 5.74) is 1.74.